The first-order valence-corrected chi connectivity index (χ1v) is 6.04. The van der Waals surface area contributed by atoms with E-state index in [0.29, 0.717) is 18.5 Å². The number of anilines is 1. The topological polar surface area (TPSA) is 57.6 Å². The van der Waals surface area contributed by atoms with Gasteiger partial charge in [-0.05, 0) is 37.1 Å². The maximum absolute atomic E-state index is 12.1. The van der Waals surface area contributed by atoms with E-state index < -0.39 is 11.4 Å². The predicted molar refractivity (Wildman–Crippen MR) is 66.9 cm³/mol. The van der Waals surface area contributed by atoms with E-state index in [1.165, 1.54) is 4.90 Å². The lowest BCUT2D eigenvalue weighted by molar-refractivity contribution is -0.148. The van der Waals surface area contributed by atoms with E-state index in [4.69, 9.17) is 5.11 Å². The number of carboxylic acid groups (broad SMARTS) is 1. The van der Waals surface area contributed by atoms with Gasteiger partial charge in [-0.2, -0.15) is 0 Å². The van der Waals surface area contributed by atoms with Crippen molar-refractivity contribution in [1.29, 1.82) is 0 Å². The Hall–Kier alpha value is -1.36. The third-order valence-corrected chi connectivity index (χ3v) is 3.62. The van der Waals surface area contributed by atoms with Crippen molar-refractivity contribution in [3.63, 3.8) is 0 Å². The van der Waals surface area contributed by atoms with Crippen molar-refractivity contribution < 1.29 is 14.7 Å². The van der Waals surface area contributed by atoms with Crippen molar-refractivity contribution >= 4 is 33.5 Å². The number of carbonyl (C=O) groups is 2. The Bertz CT molecular complexity index is 465. The first-order valence-electron chi connectivity index (χ1n) is 5.24. The van der Waals surface area contributed by atoms with Crippen molar-refractivity contribution in [3.05, 3.63) is 28.7 Å². The standard InChI is InChI=1S/C12H12BrNO3/c1-14(9-4-2-8(13)3-5-9)10(15)12(6-7-12)11(16)17/h2-5H,6-7H2,1H3,(H,16,17). The second kappa shape index (κ2) is 4.14. The molecule has 0 heterocycles. The van der Waals surface area contributed by atoms with Gasteiger partial charge in [-0.25, -0.2) is 0 Å². The normalized spacial score (nSPS) is 16.4. The molecule has 0 unspecified atom stereocenters. The van der Waals surface area contributed by atoms with Gasteiger partial charge in [0.25, 0.3) is 0 Å². The van der Waals surface area contributed by atoms with E-state index in [1.807, 2.05) is 12.1 Å². The number of carbonyl (C=O) groups excluding carboxylic acids is 1. The van der Waals surface area contributed by atoms with Crippen molar-refractivity contribution in [1.82, 2.24) is 0 Å². The van der Waals surface area contributed by atoms with Crippen LogP contribution in [0.2, 0.25) is 0 Å². The van der Waals surface area contributed by atoms with Gasteiger partial charge in [-0.1, -0.05) is 15.9 Å². The van der Waals surface area contributed by atoms with Crippen LogP contribution in [0.1, 0.15) is 12.8 Å². The molecule has 0 spiro atoms. The minimum absolute atomic E-state index is 0.340. The third-order valence-electron chi connectivity index (χ3n) is 3.09. The highest BCUT2D eigenvalue weighted by Gasteiger charge is 2.58. The van der Waals surface area contributed by atoms with Gasteiger partial charge in [0, 0.05) is 17.2 Å². The highest BCUT2D eigenvalue weighted by Crippen LogP contribution is 2.47. The number of halogens is 1. The molecule has 17 heavy (non-hydrogen) atoms. The summed E-state index contributed by atoms with van der Waals surface area (Å²) in [6.45, 7) is 0. The van der Waals surface area contributed by atoms with Gasteiger partial charge in [0.2, 0.25) is 5.91 Å². The minimum atomic E-state index is -1.18. The molecule has 1 aliphatic rings. The molecule has 5 heteroatoms. The van der Waals surface area contributed by atoms with Crippen LogP contribution in [0.25, 0.3) is 0 Å². The molecule has 1 fully saturated rings. The summed E-state index contributed by atoms with van der Waals surface area (Å²) in [6.07, 6.45) is 0.865. The Morgan fingerprint density at radius 1 is 1.29 bits per heavy atom. The molecule has 1 amide bonds. The molecule has 0 radical (unpaired) electrons. The number of carboxylic acids is 1. The molecule has 0 bridgehead atoms. The monoisotopic (exact) mass is 297 g/mol. The number of nitrogens with zero attached hydrogens (tertiary/aromatic N) is 1. The zero-order valence-electron chi connectivity index (χ0n) is 9.31. The first-order chi connectivity index (χ1) is 7.97. The summed E-state index contributed by atoms with van der Waals surface area (Å²) in [5, 5.41) is 9.06. The predicted octanol–water partition coefficient (Wildman–Crippen LogP) is 2.28. The van der Waals surface area contributed by atoms with Gasteiger partial charge in [0.1, 0.15) is 5.41 Å². The molecular formula is C12H12BrNO3. The quantitative estimate of drug-likeness (QED) is 0.871. The van der Waals surface area contributed by atoms with E-state index in [-0.39, 0.29) is 5.91 Å². The number of rotatable bonds is 3. The summed E-state index contributed by atoms with van der Waals surface area (Å²) in [7, 11) is 1.61. The Kier molecular flexibility index (Phi) is 2.95. The lowest BCUT2D eigenvalue weighted by Gasteiger charge is -2.21. The first kappa shape index (κ1) is 12.1. The second-order valence-corrected chi connectivity index (χ2v) is 5.14. The lowest BCUT2D eigenvalue weighted by Crippen LogP contribution is -2.38. The zero-order chi connectivity index (χ0) is 12.6. The van der Waals surface area contributed by atoms with Crippen LogP contribution >= 0.6 is 15.9 Å². The lowest BCUT2D eigenvalue weighted by atomic mass is 10.1. The molecule has 1 aromatic rings. The fraction of sp³-hybridized carbons (Fsp3) is 0.333. The van der Waals surface area contributed by atoms with Crippen LogP contribution in [-0.4, -0.2) is 24.0 Å². The van der Waals surface area contributed by atoms with Gasteiger partial charge < -0.3 is 10.0 Å². The molecule has 1 aliphatic carbocycles. The Morgan fingerprint density at radius 2 is 1.82 bits per heavy atom. The Morgan fingerprint density at radius 3 is 2.24 bits per heavy atom. The van der Waals surface area contributed by atoms with Crippen LogP contribution in [0.15, 0.2) is 28.7 Å². The zero-order valence-corrected chi connectivity index (χ0v) is 10.9. The van der Waals surface area contributed by atoms with Crippen LogP contribution in [-0.2, 0) is 9.59 Å². The number of hydrogen-bond acceptors (Lipinski definition) is 2. The number of aliphatic carboxylic acids is 1. The van der Waals surface area contributed by atoms with Crippen molar-refractivity contribution in [2.24, 2.45) is 5.41 Å². The van der Waals surface area contributed by atoms with E-state index in [1.54, 1.807) is 19.2 Å². The Balaban J connectivity index is 2.21. The number of amides is 1. The van der Waals surface area contributed by atoms with E-state index in [2.05, 4.69) is 15.9 Å². The largest absolute Gasteiger partial charge is 0.480 e. The summed E-state index contributed by atoms with van der Waals surface area (Å²) in [6, 6.07) is 7.19. The SMILES string of the molecule is CN(C(=O)C1(C(=O)O)CC1)c1ccc(Br)cc1. The minimum Gasteiger partial charge on any atom is -0.480 e. The van der Waals surface area contributed by atoms with Gasteiger partial charge in [-0.15, -0.1) is 0 Å². The van der Waals surface area contributed by atoms with Crippen LogP contribution in [0.5, 0.6) is 0 Å². The van der Waals surface area contributed by atoms with E-state index in [9.17, 15) is 9.59 Å². The summed E-state index contributed by atoms with van der Waals surface area (Å²) in [5.41, 5.74) is -0.479. The summed E-state index contributed by atoms with van der Waals surface area (Å²) in [4.78, 5) is 24.6. The van der Waals surface area contributed by atoms with Crippen LogP contribution in [0.3, 0.4) is 0 Å². The van der Waals surface area contributed by atoms with Gasteiger partial charge in [-0.3, -0.25) is 9.59 Å². The van der Waals surface area contributed by atoms with Gasteiger partial charge in [0.15, 0.2) is 0 Å². The number of benzene rings is 1. The molecule has 1 N–H and O–H groups in total. The molecule has 4 nitrogen and oxygen atoms in total. The van der Waals surface area contributed by atoms with Crippen molar-refractivity contribution in [3.8, 4) is 0 Å². The van der Waals surface area contributed by atoms with Crippen LogP contribution in [0.4, 0.5) is 5.69 Å². The van der Waals surface area contributed by atoms with E-state index >= 15 is 0 Å². The fourth-order valence-electron chi connectivity index (χ4n) is 1.75. The van der Waals surface area contributed by atoms with E-state index in [0.717, 1.165) is 4.47 Å². The molecule has 0 aliphatic heterocycles. The molecule has 1 saturated carbocycles. The summed E-state index contributed by atoms with van der Waals surface area (Å²) in [5.74, 6) is -1.36. The summed E-state index contributed by atoms with van der Waals surface area (Å²) >= 11 is 3.31. The van der Waals surface area contributed by atoms with Crippen LogP contribution in [0, 0.1) is 5.41 Å². The highest BCUT2D eigenvalue weighted by atomic mass is 79.9. The molecule has 0 aromatic heterocycles. The Labute approximate surface area is 107 Å². The smallest absolute Gasteiger partial charge is 0.319 e. The maximum atomic E-state index is 12.1. The molecule has 1 aromatic carbocycles. The fourth-order valence-corrected chi connectivity index (χ4v) is 2.01. The molecule has 90 valence electrons. The van der Waals surface area contributed by atoms with Gasteiger partial charge >= 0.3 is 5.97 Å². The second-order valence-electron chi connectivity index (χ2n) is 4.23. The molecule has 2 rings (SSSR count). The summed E-state index contributed by atoms with van der Waals surface area (Å²) < 4.78 is 0.918. The van der Waals surface area contributed by atoms with Crippen molar-refractivity contribution in [2.75, 3.05) is 11.9 Å². The van der Waals surface area contributed by atoms with Crippen LogP contribution < -0.4 is 4.90 Å². The van der Waals surface area contributed by atoms with Gasteiger partial charge in [0.05, 0.1) is 0 Å². The maximum Gasteiger partial charge on any atom is 0.319 e. The average molecular weight is 298 g/mol. The van der Waals surface area contributed by atoms with Crippen molar-refractivity contribution in [2.45, 2.75) is 12.8 Å². The molecule has 0 atom stereocenters. The average Bonchev–Trinajstić information content (AvgIpc) is 3.09. The highest BCUT2D eigenvalue weighted by molar-refractivity contribution is 9.10. The number of hydrogen-bond donors (Lipinski definition) is 1. The third kappa shape index (κ3) is 2.07. The molecular weight excluding hydrogens is 286 g/mol. The molecule has 0 saturated heterocycles.